The molecule has 118 valence electrons. The number of nitrogens with zero attached hydrogens (tertiary/aromatic N) is 1. The highest BCUT2D eigenvalue weighted by atomic mass is 16.5. The maximum absolute atomic E-state index is 5.71. The molecule has 0 atom stereocenters. The van der Waals surface area contributed by atoms with Crippen molar-refractivity contribution in [3.8, 4) is 11.5 Å². The molecule has 0 saturated carbocycles. The van der Waals surface area contributed by atoms with Crippen LogP contribution in [0.25, 0.3) is 0 Å². The predicted molar refractivity (Wildman–Crippen MR) is 90.9 cm³/mol. The Hall–Kier alpha value is -2.00. The van der Waals surface area contributed by atoms with Gasteiger partial charge in [-0.15, -0.1) is 0 Å². The van der Waals surface area contributed by atoms with Gasteiger partial charge < -0.3 is 14.4 Å². The molecule has 2 aromatic rings. The summed E-state index contributed by atoms with van der Waals surface area (Å²) >= 11 is 0. The minimum absolute atomic E-state index is 0.718. The van der Waals surface area contributed by atoms with E-state index in [-0.39, 0.29) is 0 Å². The molecule has 0 spiro atoms. The Balaban J connectivity index is 1.83. The van der Waals surface area contributed by atoms with Crippen molar-refractivity contribution >= 4 is 0 Å². The summed E-state index contributed by atoms with van der Waals surface area (Å²) in [7, 11) is 5.80. The van der Waals surface area contributed by atoms with Gasteiger partial charge >= 0.3 is 0 Å². The zero-order valence-electron chi connectivity index (χ0n) is 13.7. The van der Waals surface area contributed by atoms with Crippen LogP contribution in [-0.2, 0) is 12.8 Å². The normalized spacial score (nSPS) is 10.7. The summed E-state index contributed by atoms with van der Waals surface area (Å²) < 4.78 is 11.0. The Morgan fingerprint density at radius 2 is 1.59 bits per heavy atom. The number of hydrogen-bond acceptors (Lipinski definition) is 3. The smallest absolute Gasteiger partial charge is 0.119 e. The Morgan fingerprint density at radius 3 is 2.27 bits per heavy atom. The van der Waals surface area contributed by atoms with E-state index in [1.54, 1.807) is 7.11 Å². The maximum atomic E-state index is 5.71. The highest BCUT2D eigenvalue weighted by Gasteiger charge is 2.00. The summed E-state index contributed by atoms with van der Waals surface area (Å²) in [6, 6.07) is 16.6. The molecule has 0 amide bonds. The first-order chi connectivity index (χ1) is 10.7. The van der Waals surface area contributed by atoms with Crippen LogP contribution in [0.1, 0.15) is 11.1 Å². The monoisotopic (exact) mass is 299 g/mol. The first-order valence-corrected chi connectivity index (χ1v) is 7.67. The Kier molecular flexibility index (Phi) is 6.28. The van der Waals surface area contributed by atoms with Gasteiger partial charge in [-0.3, -0.25) is 0 Å². The molecule has 0 aliphatic carbocycles. The third kappa shape index (κ3) is 5.41. The SMILES string of the molecule is COc1cccc(CCc2ccc(OCCN(C)C)cc2)c1. The van der Waals surface area contributed by atoms with Crippen LogP contribution in [0.5, 0.6) is 11.5 Å². The molecule has 3 nitrogen and oxygen atoms in total. The Bertz CT molecular complexity index is 564. The van der Waals surface area contributed by atoms with Crippen molar-refractivity contribution < 1.29 is 9.47 Å². The van der Waals surface area contributed by atoms with Gasteiger partial charge in [0.1, 0.15) is 18.1 Å². The highest BCUT2D eigenvalue weighted by Crippen LogP contribution is 2.17. The first kappa shape index (κ1) is 16.4. The predicted octanol–water partition coefficient (Wildman–Crippen LogP) is 3.42. The molecule has 2 rings (SSSR count). The second-order valence-electron chi connectivity index (χ2n) is 5.65. The lowest BCUT2D eigenvalue weighted by Crippen LogP contribution is -2.19. The van der Waals surface area contributed by atoms with Crippen LogP contribution in [0.4, 0.5) is 0 Å². The standard InChI is InChI=1S/C19H25NO2/c1-20(2)13-14-22-18-11-9-16(10-12-18)7-8-17-5-4-6-19(15-17)21-3/h4-6,9-12,15H,7-8,13-14H2,1-3H3. The summed E-state index contributed by atoms with van der Waals surface area (Å²) in [5.41, 5.74) is 2.62. The summed E-state index contributed by atoms with van der Waals surface area (Å²) in [4.78, 5) is 2.11. The number of likely N-dealkylation sites (N-methyl/N-ethyl adjacent to an activating group) is 1. The van der Waals surface area contributed by atoms with Gasteiger partial charge in [0, 0.05) is 6.54 Å². The quantitative estimate of drug-likeness (QED) is 0.745. The highest BCUT2D eigenvalue weighted by molar-refractivity contribution is 5.31. The third-order valence-electron chi connectivity index (χ3n) is 3.57. The van der Waals surface area contributed by atoms with Crippen molar-refractivity contribution in [2.45, 2.75) is 12.8 Å². The van der Waals surface area contributed by atoms with Crippen molar-refractivity contribution in [2.75, 3.05) is 34.4 Å². The zero-order chi connectivity index (χ0) is 15.8. The van der Waals surface area contributed by atoms with Gasteiger partial charge in [-0.05, 0) is 62.3 Å². The molecule has 0 N–H and O–H groups in total. The van der Waals surface area contributed by atoms with Crippen molar-refractivity contribution in [3.05, 3.63) is 59.7 Å². The lowest BCUT2D eigenvalue weighted by molar-refractivity contribution is 0.261. The summed E-state index contributed by atoms with van der Waals surface area (Å²) in [5, 5.41) is 0. The van der Waals surface area contributed by atoms with Gasteiger partial charge in [0.15, 0.2) is 0 Å². The number of aryl methyl sites for hydroxylation is 2. The maximum Gasteiger partial charge on any atom is 0.119 e. The van der Waals surface area contributed by atoms with Gasteiger partial charge in [-0.2, -0.15) is 0 Å². The van der Waals surface area contributed by atoms with Crippen LogP contribution in [0.15, 0.2) is 48.5 Å². The van der Waals surface area contributed by atoms with Crippen LogP contribution in [0.2, 0.25) is 0 Å². The molecular formula is C19H25NO2. The fourth-order valence-corrected chi connectivity index (χ4v) is 2.22. The number of benzene rings is 2. The molecule has 0 aliphatic heterocycles. The average molecular weight is 299 g/mol. The van der Waals surface area contributed by atoms with E-state index < -0.39 is 0 Å². The Morgan fingerprint density at radius 1 is 0.864 bits per heavy atom. The number of rotatable bonds is 8. The fourth-order valence-electron chi connectivity index (χ4n) is 2.22. The average Bonchev–Trinajstić information content (AvgIpc) is 2.54. The molecule has 0 bridgehead atoms. The van der Waals surface area contributed by atoms with Gasteiger partial charge in [-0.25, -0.2) is 0 Å². The van der Waals surface area contributed by atoms with E-state index in [1.165, 1.54) is 11.1 Å². The van der Waals surface area contributed by atoms with E-state index in [2.05, 4.69) is 41.3 Å². The molecule has 3 heteroatoms. The lowest BCUT2D eigenvalue weighted by atomic mass is 10.0. The van der Waals surface area contributed by atoms with Crippen LogP contribution in [0, 0.1) is 0 Å². The Labute approximate surface area is 133 Å². The van der Waals surface area contributed by atoms with E-state index in [1.807, 2.05) is 26.2 Å². The summed E-state index contributed by atoms with van der Waals surface area (Å²) in [6.07, 6.45) is 2.03. The molecule has 0 fully saturated rings. The van der Waals surface area contributed by atoms with Crippen LogP contribution < -0.4 is 9.47 Å². The van der Waals surface area contributed by atoms with E-state index in [0.717, 1.165) is 37.5 Å². The van der Waals surface area contributed by atoms with Gasteiger partial charge in [0.25, 0.3) is 0 Å². The minimum atomic E-state index is 0.718. The molecular weight excluding hydrogens is 274 g/mol. The summed E-state index contributed by atoms with van der Waals surface area (Å²) in [5.74, 6) is 1.86. The number of hydrogen-bond donors (Lipinski definition) is 0. The topological polar surface area (TPSA) is 21.7 Å². The molecule has 0 radical (unpaired) electrons. The van der Waals surface area contributed by atoms with Crippen molar-refractivity contribution in [2.24, 2.45) is 0 Å². The second-order valence-corrected chi connectivity index (χ2v) is 5.65. The van der Waals surface area contributed by atoms with Crippen molar-refractivity contribution in [1.29, 1.82) is 0 Å². The molecule has 0 aliphatic rings. The van der Waals surface area contributed by atoms with Crippen molar-refractivity contribution in [1.82, 2.24) is 4.90 Å². The summed E-state index contributed by atoms with van der Waals surface area (Å²) in [6.45, 7) is 1.65. The molecule has 0 unspecified atom stereocenters. The van der Waals surface area contributed by atoms with Crippen LogP contribution in [0.3, 0.4) is 0 Å². The molecule has 0 aromatic heterocycles. The van der Waals surface area contributed by atoms with Gasteiger partial charge in [-0.1, -0.05) is 24.3 Å². The van der Waals surface area contributed by atoms with E-state index in [9.17, 15) is 0 Å². The third-order valence-corrected chi connectivity index (χ3v) is 3.57. The first-order valence-electron chi connectivity index (χ1n) is 7.67. The van der Waals surface area contributed by atoms with E-state index >= 15 is 0 Å². The fraction of sp³-hybridized carbons (Fsp3) is 0.368. The van der Waals surface area contributed by atoms with E-state index in [4.69, 9.17) is 9.47 Å². The van der Waals surface area contributed by atoms with E-state index in [0.29, 0.717) is 0 Å². The zero-order valence-corrected chi connectivity index (χ0v) is 13.7. The molecule has 0 saturated heterocycles. The largest absolute Gasteiger partial charge is 0.497 e. The minimum Gasteiger partial charge on any atom is -0.497 e. The molecule has 22 heavy (non-hydrogen) atoms. The lowest BCUT2D eigenvalue weighted by Gasteiger charge is -2.11. The van der Waals surface area contributed by atoms with Crippen LogP contribution in [-0.4, -0.2) is 39.3 Å². The molecule has 0 heterocycles. The van der Waals surface area contributed by atoms with Crippen molar-refractivity contribution in [3.63, 3.8) is 0 Å². The molecule has 2 aromatic carbocycles. The number of methoxy groups -OCH3 is 1. The van der Waals surface area contributed by atoms with Crippen LogP contribution >= 0.6 is 0 Å². The van der Waals surface area contributed by atoms with Gasteiger partial charge in [0.05, 0.1) is 7.11 Å². The van der Waals surface area contributed by atoms with Gasteiger partial charge in [0.2, 0.25) is 0 Å². The second kappa shape index (κ2) is 8.44. The number of ether oxygens (including phenoxy) is 2.